The molecule has 0 atom stereocenters. The van der Waals surface area contributed by atoms with Gasteiger partial charge in [-0.3, -0.25) is 9.69 Å². The van der Waals surface area contributed by atoms with Crippen LogP contribution in [-0.2, 0) is 9.53 Å². The zero-order chi connectivity index (χ0) is 13.5. The van der Waals surface area contributed by atoms with Crippen LogP contribution in [0, 0.1) is 5.82 Å². The van der Waals surface area contributed by atoms with Crippen molar-refractivity contribution in [2.45, 2.75) is 0 Å². The second-order valence-corrected chi connectivity index (χ2v) is 4.21. The van der Waals surface area contributed by atoms with Crippen LogP contribution in [0.2, 0.25) is 0 Å². The van der Waals surface area contributed by atoms with Gasteiger partial charge in [0.25, 0.3) is 0 Å². The van der Waals surface area contributed by atoms with Crippen LogP contribution in [0.25, 0.3) is 0 Å². The first-order valence-corrected chi connectivity index (χ1v) is 6.22. The molecular weight excluding hydrogens is 251 g/mol. The van der Waals surface area contributed by atoms with Gasteiger partial charge in [-0.15, -0.1) is 0 Å². The maximum absolute atomic E-state index is 13.0. The summed E-state index contributed by atoms with van der Waals surface area (Å²) in [5.41, 5.74) is 0.344. The highest BCUT2D eigenvalue weighted by Crippen LogP contribution is 2.24. The van der Waals surface area contributed by atoms with Crippen molar-refractivity contribution >= 4 is 12.1 Å². The molecule has 1 aromatic carbocycles. The van der Waals surface area contributed by atoms with Gasteiger partial charge in [-0.05, 0) is 12.1 Å². The molecule has 1 fully saturated rings. The van der Waals surface area contributed by atoms with Gasteiger partial charge in [0.2, 0.25) is 6.41 Å². The van der Waals surface area contributed by atoms with E-state index >= 15 is 0 Å². The van der Waals surface area contributed by atoms with E-state index in [0.29, 0.717) is 24.5 Å². The lowest BCUT2D eigenvalue weighted by Crippen LogP contribution is -2.38. The van der Waals surface area contributed by atoms with Crippen molar-refractivity contribution in [2.24, 2.45) is 0 Å². The van der Waals surface area contributed by atoms with Crippen molar-refractivity contribution in [3.8, 4) is 5.75 Å². The summed E-state index contributed by atoms with van der Waals surface area (Å²) < 4.78 is 23.9. The molecular formula is C13H17FN2O3. The maximum atomic E-state index is 13.0. The topological polar surface area (TPSA) is 50.8 Å². The Labute approximate surface area is 111 Å². The van der Waals surface area contributed by atoms with Crippen LogP contribution < -0.4 is 10.1 Å². The maximum Gasteiger partial charge on any atom is 0.211 e. The monoisotopic (exact) mass is 268 g/mol. The minimum atomic E-state index is -0.412. The molecule has 1 heterocycles. The van der Waals surface area contributed by atoms with Crippen molar-refractivity contribution in [3.05, 3.63) is 24.0 Å². The largest absolute Gasteiger partial charge is 0.490 e. The Morgan fingerprint density at radius 3 is 2.95 bits per heavy atom. The molecule has 1 aromatic rings. The standard InChI is InChI=1S/C13H17FN2O3/c14-11-1-2-13(12(9-11)15-10-17)19-8-5-16-3-6-18-7-4-16/h1-2,9-10H,3-8H2,(H,15,17). The van der Waals surface area contributed by atoms with Gasteiger partial charge >= 0.3 is 0 Å². The smallest absolute Gasteiger partial charge is 0.211 e. The number of benzene rings is 1. The average molecular weight is 268 g/mol. The number of carbonyl (C=O) groups excluding carboxylic acids is 1. The molecule has 1 saturated heterocycles. The Kier molecular flexibility index (Phi) is 5.11. The molecule has 6 heteroatoms. The van der Waals surface area contributed by atoms with E-state index in [0.717, 1.165) is 32.8 Å². The van der Waals surface area contributed by atoms with Crippen LogP contribution in [0.3, 0.4) is 0 Å². The van der Waals surface area contributed by atoms with Crippen LogP contribution >= 0.6 is 0 Å². The summed E-state index contributed by atoms with van der Waals surface area (Å²) in [6.07, 6.45) is 0.504. The molecule has 0 bridgehead atoms. The Morgan fingerprint density at radius 1 is 1.42 bits per heavy atom. The summed E-state index contributed by atoms with van der Waals surface area (Å²) in [7, 11) is 0. The van der Waals surface area contributed by atoms with E-state index in [1.165, 1.54) is 18.2 Å². The molecule has 104 valence electrons. The van der Waals surface area contributed by atoms with Crippen molar-refractivity contribution in [1.29, 1.82) is 0 Å². The third-order valence-corrected chi connectivity index (χ3v) is 2.92. The first-order valence-electron chi connectivity index (χ1n) is 6.22. The van der Waals surface area contributed by atoms with Gasteiger partial charge in [0.05, 0.1) is 18.9 Å². The second-order valence-electron chi connectivity index (χ2n) is 4.21. The number of hydrogen-bond acceptors (Lipinski definition) is 4. The van der Waals surface area contributed by atoms with Gasteiger partial charge < -0.3 is 14.8 Å². The van der Waals surface area contributed by atoms with Gasteiger partial charge in [-0.1, -0.05) is 0 Å². The Morgan fingerprint density at radius 2 is 2.21 bits per heavy atom. The second kappa shape index (κ2) is 7.06. The quantitative estimate of drug-likeness (QED) is 0.785. The highest BCUT2D eigenvalue weighted by atomic mass is 19.1. The van der Waals surface area contributed by atoms with Crippen molar-refractivity contribution in [2.75, 3.05) is 44.8 Å². The van der Waals surface area contributed by atoms with E-state index in [9.17, 15) is 9.18 Å². The molecule has 1 amide bonds. The number of ether oxygens (including phenoxy) is 2. The summed E-state index contributed by atoms with van der Waals surface area (Å²) in [4.78, 5) is 12.7. The number of nitrogens with one attached hydrogen (secondary N) is 1. The number of carbonyl (C=O) groups is 1. The number of hydrogen-bond donors (Lipinski definition) is 1. The van der Waals surface area contributed by atoms with E-state index < -0.39 is 5.82 Å². The van der Waals surface area contributed by atoms with Gasteiger partial charge in [0.15, 0.2) is 0 Å². The molecule has 0 unspecified atom stereocenters. The number of amides is 1. The number of rotatable bonds is 6. The first-order chi connectivity index (χ1) is 9.29. The van der Waals surface area contributed by atoms with Crippen LogP contribution in [0.15, 0.2) is 18.2 Å². The van der Waals surface area contributed by atoms with E-state index in [1.807, 2.05) is 0 Å². The minimum Gasteiger partial charge on any atom is -0.490 e. The van der Waals surface area contributed by atoms with Crippen molar-refractivity contribution in [1.82, 2.24) is 4.90 Å². The zero-order valence-corrected chi connectivity index (χ0v) is 10.6. The lowest BCUT2D eigenvalue weighted by molar-refractivity contribution is -0.105. The van der Waals surface area contributed by atoms with Crippen LogP contribution in [-0.4, -0.2) is 50.8 Å². The molecule has 1 aliphatic heterocycles. The van der Waals surface area contributed by atoms with E-state index in [1.54, 1.807) is 0 Å². The molecule has 0 saturated carbocycles. The summed E-state index contributed by atoms with van der Waals surface area (Å²) in [5, 5.41) is 2.43. The minimum absolute atomic E-state index is 0.344. The van der Waals surface area contributed by atoms with E-state index in [-0.39, 0.29) is 0 Å². The molecule has 2 rings (SSSR count). The molecule has 19 heavy (non-hydrogen) atoms. The number of halogens is 1. The Hall–Kier alpha value is -1.66. The van der Waals surface area contributed by atoms with Gasteiger partial charge in [-0.25, -0.2) is 4.39 Å². The van der Waals surface area contributed by atoms with Gasteiger partial charge in [0.1, 0.15) is 18.2 Å². The third-order valence-electron chi connectivity index (χ3n) is 2.92. The predicted octanol–water partition coefficient (Wildman–Crippen LogP) is 1.10. The Bertz CT molecular complexity index is 422. The highest BCUT2D eigenvalue weighted by molar-refractivity contribution is 5.75. The van der Waals surface area contributed by atoms with Crippen molar-refractivity contribution < 1.29 is 18.7 Å². The van der Waals surface area contributed by atoms with Gasteiger partial charge in [-0.2, -0.15) is 0 Å². The first kappa shape index (κ1) is 13.8. The Balaban J connectivity index is 1.85. The third kappa shape index (κ3) is 4.18. The summed E-state index contributed by atoms with van der Waals surface area (Å²) in [6, 6.07) is 4.05. The zero-order valence-electron chi connectivity index (χ0n) is 10.6. The lowest BCUT2D eigenvalue weighted by Gasteiger charge is -2.26. The SMILES string of the molecule is O=CNc1cc(F)ccc1OCCN1CCOCC1. The van der Waals surface area contributed by atoms with Crippen LogP contribution in [0.1, 0.15) is 0 Å². The summed E-state index contributed by atoms with van der Waals surface area (Å²) in [6.45, 7) is 4.54. The molecule has 0 spiro atoms. The fourth-order valence-electron chi connectivity index (χ4n) is 1.91. The fraction of sp³-hybridized carbons (Fsp3) is 0.462. The normalized spacial score (nSPS) is 16.1. The summed E-state index contributed by atoms with van der Waals surface area (Å²) >= 11 is 0. The number of morpholine rings is 1. The number of nitrogens with zero attached hydrogens (tertiary/aromatic N) is 1. The number of anilines is 1. The molecule has 0 aromatic heterocycles. The van der Waals surface area contributed by atoms with Crippen LogP contribution in [0.5, 0.6) is 5.75 Å². The van der Waals surface area contributed by atoms with Gasteiger partial charge in [0, 0.05) is 25.7 Å². The molecule has 1 aliphatic rings. The molecule has 1 N–H and O–H groups in total. The fourth-order valence-corrected chi connectivity index (χ4v) is 1.91. The predicted molar refractivity (Wildman–Crippen MR) is 68.8 cm³/mol. The van der Waals surface area contributed by atoms with E-state index in [4.69, 9.17) is 9.47 Å². The van der Waals surface area contributed by atoms with Crippen molar-refractivity contribution in [3.63, 3.8) is 0 Å². The molecule has 0 aliphatic carbocycles. The lowest BCUT2D eigenvalue weighted by atomic mass is 10.3. The molecule has 5 nitrogen and oxygen atoms in total. The summed E-state index contributed by atoms with van der Waals surface area (Å²) in [5.74, 6) is 0.0617. The molecule has 0 radical (unpaired) electrons. The van der Waals surface area contributed by atoms with E-state index in [2.05, 4.69) is 10.2 Å². The highest BCUT2D eigenvalue weighted by Gasteiger charge is 2.10. The average Bonchev–Trinajstić information content (AvgIpc) is 2.43. The van der Waals surface area contributed by atoms with Crippen LogP contribution in [0.4, 0.5) is 10.1 Å².